The van der Waals surface area contributed by atoms with E-state index in [1.807, 2.05) is 12.1 Å². The molecule has 172 valence electrons. The number of sulfonamides is 1. The number of hydrogen-bond acceptors (Lipinski definition) is 4. The van der Waals surface area contributed by atoms with Gasteiger partial charge in [0, 0.05) is 35.3 Å². The zero-order valence-corrected chi connectivity index (χ0v) is 19.2. The highest BCUT2D eigenvalue weighted by atomic mass is 32.2. The van der Waals surface area contributed by atoms with E-state index in [0.717, 1.165) is 61.5 Å². The SMILES string of the molecule is O=C(Nc1ccc2c3c(c(=O)[nH]c2c1)CCCC3)c1ccc(S(=O)(=O)N2CCCCC2)cc1. The van der Waals surface area contributed by atoms with Gasteiger partial charge in [0.25, 0.3) is 11.5 Å². The molecule has 1 aliphatic carbocycles. The summed E-state index contributed by atoms with van der Waals surface area (Å²) in [4.78, 5) is 28.4. The van der Waals surface area contributed by atoms with Crippen LogP contribution in [0.5, 0.6) is 0 Å². The minimum absolute atomic E-state index is 0.0498. The topological polar surface area (TPSA) is 99.3 Å². The molecule has 2 heterocycles. The maximum atomic E-state index is 12.8. The second-order valence-corrected chi connectivity index (χ2v) is 10.8. The van der Waals surface area contributed by atoms with Crippen LogP contribution in [-0.2, 0) is 22.9 Å². The summed E-state index contributed by atoms with van der Waals surface area (Å²) in [6.45, 7) is 1.08. The number of hydrogen-bond donors (Lipinski definition) is 2. The lowest BCUT2D eigenvalue weighted by molar-refractivity contribution is 0.102. The highest BCUT2D eigenvalue weighted by molar-refractivity contribution is 7.89. The summed E-state index contributed by atoms with van der Waals surface area (Å²) in [5, 5.41) is 3.87. The van der Waals surface area contributed by atoms with E-state index in [9.17, 15) is 18.0 Å². The van der Waals surface area contributed by atoms with Crippen molar-refractivity contribution in [1.82, 2.24) is 9.29 Å². The quantitative estimate of drug-likeness (QED) is 0.612. The molecule has 1 fully saturated rings. The van der Waals surface area contributed by atoms with Crippen LogP contribution < -0.4 is 10.9 Å². The molecular formula is C25H27N3O4S. The number of amides is 1. The average Bonchev–Trinajstić information content (AvgIpc) is 2.85. The Morgan fingerprint density at radius 3 is 2.30 bits per heavy atom. The number of aromatic nitrogens is 1. The standard InChI is InChI=1S/C25H27N3O4S/c29-24(17-8-11-19(12-9-17)33(31,32)28-14-4-1-5-15-28)26-18-10-13-21-20-6-2-3-7-22(20)25(30)27-23(21)16-18/h8-13,16H,1-7,14-15H2,(H,26,29)(H,27,30). The molecule has 0 unspecified atom stereocenters. The fourth-order valence-corrected chi connectivity index (χ4v) is 6.39. The van der Waals surface area contributed by atoms with Crippen molar-refractivity contribution in [1.29, 1.82) is 0 Å². The number of carbonyl (C=O) groups excluding carboxylic acids is 1. The second-order valence-electron chi connectivity index (χ2n) is 8.82. The summed E-state index contributed by atoms with van der Waals surface area (Å²) in [5.74, 6) is -0.337. The molecule has 8 heteroatoms. The van der Waals surface area contributed by atoms with Gasteiger partial charge in [0.1, 0.15) is 0 Å². The third kappa shape index (κ3) is 4.20. The first-order valence-corrected chi connectivity index (χ1v) is 13.0. The molecule has 5 rings (SSSR count). The lowest BCUT2D eigenvalue weighted by atomic mass is 9.90. The summed E-state index contributed by atoms with van der Waals surface area (Å²) in [6.07, 6.45) is 6.62. The van der Waals surface area contributed by atoms with E-state index in [1.54, 1.807) is 6.07 Å². The number of piperidine rings is 1. The van der Waals surface area contributed by atoms with Crippen LogP contribution in [0.3, 0.4) is 0 Å². The van der Waals surface area contributed by atoms with Crippen molar-refractivity contribution in [2.45, 2.75) is 49.8 Å². The maximum absolute atomic E-state index is 12.8. The predicted molar refractivity (Wildman–Crippen MR) is 128 cm³/mol. The molecule has 2 aromatic carbocycles. The molecule has 7 nitrogen and oxygen atoms in total. The summed E-state index contributed by atoms with van der Waals surface area (Å²) >= 11 is 0. The Labute approximate surface area is 192 Å². The first-order valence-electron chi connectivity index (χ1n) is 11.5. The van der Waals surface area contributed by atoms with Gasteiger partial charge in [-0.1, -0.05) is 12.5 Å². The first kappa shape index (κ1) is 21.9. The maximum Gasteiger partial charge on any atom is 0.255 e. The number of anilines is 1. The molecule has 3 aromatic rings. The number of pyridine rings is 1. The van der Waals surface area contributed by atoms with E-state index in [0.29, 0.717) is 29.9 Å². The molecule has 1 saturated heterocycles. The molecule has 1 amide bonds. The second kappa shape index (κ2) is 8.76. The predicted octanol–water partition coefficient (Wildman–Crippen LogP) is 3.83. The Morgan fingerprint density at radius 2 is 1.58 bits per heavy atom. The van der Waals surface area contributed by atoms with Crippen molar-refractivity contribution < 1.29 is 13.2 Å². The number of fused-ring (bicyclic) bond motifs is 3. The Morgan fingerprint density at radius 1 is 0.879 bits per heavy atom. The van der Waals surface area contributed by atoms with E-state index < -0.39 is 10.0 Å². The van der Waals surface area contributed by atoms with Crippen LogP contribution in [0.25, 0.3) is 10.9 Å². The number of aromatic amines is 1. The molecule has 0 radical (unpaired) electrons. The number of nitrogens with zero attached hydrogens (tertiary/aromatic N) is 1. The number of carbonyl (C=O) groups is 1. The normalized spacial score (nSPS) is 17.0. The summed E-state index contributed by atoms with van der Waals surface area (Å²) < 4.78 is 27.1. The van der Waals surface area contributed by atoms with Crippen molar-refractivity contribution in [3.8, 4) is 0 Å². The fraction of sp³-hybridized carbons (Fsp3) is 0.360. The Hall–Kier alpha value is -2.97. The van der Waals surface area contributed by atoms with Gasteiger partial charge in [-0.3, -0.25) is 9.59 Å². The largest absolute Gasteiger partial charge is 0.322 e. The van der Waals surface area contributed by atoms with Gasteiger partial charge in [0.2, 0.25) is 10.0 Å². The number of aryl methyl sites for hydroxylation is 1. The minimum Gasteiger partial charge on any atom is -0.322 e. The van der Waals surface area contributed by atoms with Crippen molar-refractivity contribution >= 4 is 32.5 Å². The lowest BCUT2D eigenvalue weighted by Crippen LogP contribution is -2.35. The van der Waals surface area contributed by atoms with Crippen LogP contribution in [0.2, 0.25) is 0 Å². The van der Waals surface area contributed by atoms with Gasteiger partial charge in [0.15, 0.2) is 0 Å². The number of benzene rings is 2. The molecule has 0 bridgehead atoms. The van der Waals surface area contributed by atoms with Crippen molar-refractivity contribution in [2.24, 2.45) is 0 Å². The third-order valence-corrected chi connectivity index (χ3v) is 8.57. The van der Waals surface area contributed by atoms with Gasteiger partial charge < -0.3 is 10.3 Å². The van der Waals surface area contributed by atoms with Crippen molar-refractivity contribution in [3.63, 3.8) is 0 Å². The van der Waals surface area contributed by atoms with Gasteiger partial charge in [0.05, 0.1) is 10.4 Å². The Kier molecular flexibility index (Phi) is 5.80. The van der Waals surface area contributed by atoms with E-state index in [4.69, 9.17) is 0 Å². The van der Waals surface area contributed by atoms with Crippen LogP contribution in [0, 0.1) is 0 Å². The molecule has 0 spiro atoms. The number of H-pyrrole nitrogens is 1. The highest BCUT2D eigenvalue weighted by Gasteiger charge is 2.26. The van der Waals surface area contributed by atoms with Crippen LogP contribution in [0.15, 0.2) is 52.2 Å². The molecule has 0 saturated carbocycles. The number of nitrogens with one attached hydrogen (secondary N) is 2. The molecule has 33 heavy (non-hydrogen) atoms. The molecule has 2 N–H and O–H groups in total. The van der Waals surface area contributed by atoms with E-state index >= 15 is 0 Å². The van der Waals surface area contributed by atoms with Crippen LogP contribution in [-0.4, -0.2) is 36.7 Å². The van der Waals surface area contributed by atoms with E-state index in [1.165, 1.54) is 28.6 Å². The fourth-order valence-electron chi connectivity index (χ4n) is 4.88. The average molecular weight is 466 g/mol. The van der Waals surface area contributed by atoms with Gasteiger partial charge in [-0.2, -0.15) is 4.31 Å². The van der Waals surface area contributed by atoms with E-state index in [2.05, 4.69) is 10.3 Å². The monoisotopic (exact) mass is 465 g/mol. The Balaban J connectivity index is 1.35. The molecule has 1 aliphatic heterocycles. The lowest BCUT2D eigenvalue weighted by Gasteiger charge is -2.25. The van der Waals surface area contributed by atoms with E-state index in [-0.39, 0.29) is 16.4 Å². The zero-order valence-electron chi connectivity index (χ0n) is 18.4. The molecule has 1 aromatic heterocycles. The van der Waals surface area contributed by atoms with Crippen LogP contribution in [0.1, 0.15) is 53.6 Å². The van der Waals surface area contributed by atoms with Gasteiger partial charge in [-0.15, -0.1) is 0 Å². The molecule has 2 aliphatic rings. The minimum atomic E-state index is -3.53. The summed E-state index contributed by atoms with van der Waals surface area (Å²) in [6, 6.07) is 11.6. The molecular weight excluding hydrogens is 438 g/mol. The third-order valence-electron chi connectivity index (χ3n) is 6.66. The van der Waals surface area contributed by atoms with Crippen LogP contribution >= 0.6 is 0 Å². The Bertz CT molecular complexity index is 1370. The summed E-state index contributed by atoms with van der Waals surface area (Å²) in [7, 11) is -3.53. The van der Waals surface area contributed by atoms with Crippen molar-refractivity contribution in [2.75, 3.05) is 18.4 Å². The van der Waals surface area contributed by atoms with Gasteiger partial charge >= 0.3 is 0 Å². The van der Waals surface area contributed by atoms with Gasteiger partial charge in [-0.25, -0.2) is 8.42 Å². The number of rotatable bonds is 4. The molecule has 0 atom stereocenters. The summed E-state index contributed by atoms with van der Waals surface area (Å²) in [5.41, 5.74) is 3.59. The van der Waals surface area contributed by atoms with Crippen LogP contribution in [0.4, 0.5) is 5.69 Å². The zero-order chi connectivity index (χ0) is 23.0. The highest BCUT2D eigenvalue weighted by Crippen LogP contribution is 2.27. The smallest absolute Gasteiger partial charge is 0.255 e. The first-order chi connectivity index (χ1) is 15.9. The van der Waals surface area contributed by atoms with Crippen molar-refractivity contribution in [3.05, 3.63) is 69.5 Å². The van der Waals surface area contributed by atoms with Gasteiger partial charge in [-0.05, 0) is 80.5 Å².